The van der Waals surface area contributed by atoms with Crippen LogP contribution in [-0.2, 0) is 0 Å². The van der Waals surface area contributed by atoms with Crippen molar-refractivity contribution in [1.29, 1.82) is 0 Å². The molecule has 92 valence electrons. The molecule has 0 amide bonds. The lowest BCUT2D eigenvalue weighted by Gasteiger charge is -2.25. The first kappa shape index (κ1) is 15.0. The second-order valence-corrected chi connectivity index (χ2v) is 5.13. The van der Waals surface area contributed by atoms with Crippen LogP contribution in [0.2, 0.25) is 0 Å². The first-order chi connectivity index (χ1) is 7.15. The van der Waals surface area contributed by atoms with E-state index in [1.165, 1.54) is 38.8 Å². The third kappa shape index (κ3) is 6.94. The molecule has 1 atom stereocenters. The second kappa shape index (κ2) is 9.21. The topological polar surface area (TPSA) is 12.0 Å². The van der Waals surface area contributed by atoms with Crippen molar-refractivity contribution < 1.29 is 0 Å². The summed E-state index contributed by atoms with van der Waals surface area (Å²) in [7, 11) is 0. The predicted molar refractivity (Wildman–Crippen MR) is 70.2 cm³/mol. The molecule has 1 heteroatoms. The molecule has 0 aliphatic carbocycles. The summed E-state index contributed by atoms with van der Waals surface area (Å²) in [6, 6.07) is 0. The largest absolute Gasteiger partial charge is 0.316 e. The van der Waals surface area contributed by atoms with Crippen LogP contribution in [0, 0.1) is 17.8 Å². The van der Waals surface area contributed by atoms with Crippen LogP contribution >= 0.6 is 0 Å². The molecule has 15 heavy (non-hydrogen) atoms. The van der Waals surface area contributed by atoms with Crippen molar-refractivity contribution in [3.63, 3.8) is 0 Å². The minimum atomic E-state index is 0.815. The number of hydrogen-bond donors (Lipinski definition) is 1. The molecule has 0 heterocycles. The van der Waals surface area contributed by atoms with Gasteiger partial charge in [0, 0.05) is 0 Å². The van der Waals surface area contributed by atoms with Crippen LogP contribution in [0.5, 0.6) is 0 Å². The van der Waals surface area contributed by atoms with Crippen LogP contribution in [0.15, 0.2) is 0 Å². The molecule has 0 fully saturated rings. The fraction of sp³-hybridized carbons (Fsp3) is 1.00. The molecule has 0 bridgehead atoms. The van der Waals surface area contributed by atoms with Gasteiger partial charge in [0.05, 0.1) is 0 Å². The quantitative estimate of drug-likeness (QED) is 0.569. The van der Waals surface area contributed by atoms with E-state index in [0.29, 0.717) is 0 Å². The van der Waals surface area contributed by atoms with Gasteiger partial charge in [-0.15, -0.1) is 0 Å². The Kier molecular flexibility index (Phi) is 9.18. The van der Waals surface area contributed by atoms with E-state index in [0.717, 1.165) is 17.8 Å². The Morgan fingerprint density at radius 3 is 2.00 bits per heavy atom. The maximum Gasteiger partial charge on any atom is -0.00180 e. The van der Waals surface area contributed by atoms with Gasteiger partial charge in [-0.1, -0.05) is 47.5 Å². The van der Waals surface area contributed by atoms with E-state index in [1.807, 2.05) is 0 Å². The third-order valence-electron chi connectivity index (χ3n) is 3.57. The normalized spacial score (nSPS) is 13.8. The van der Waals surface area contributed by atoms with E-state index in [-0.39, 0.29) is 0 Å². The molecule has 0 aliphatic rings. The Bertz CT molecular complexity index is 127. The molecule has 1 nitrogen and oxygen atoms in total. The summed E-state index contributed by atoms with van der Waals surface area (Å²) >= 11 is 0. The fourth-order valence-electron chi connectivity index (χ4n) is 2.11. The highest BCUT2D eigenvalue weighted by Crippen LogP contribution is 2.23. The standard InChI is InChI=1S/C14H31N/c1-6-9-15-11-14(12(4)5)10-13(7-2)8-3/h12-15H,6-11H2,1-5H3. The SMILES string of the molecule is CCCNCC(CC(CC)CC)C(C)C. The van der Waals surface area contributed by atoms with Gasteiger partial charge in [0.2, 0.25) is 0 Å². The molecule has 0 radical (unpaired) electrons. The summed E-state index contributed by atoms with van der Waals surface area (Å²) < 4.78 is 0. The molecule has 0 aromatic rings. The van der Waals surface area contributed by atoms with Crippen molar-refractivity contribution in [2.75, 3.05) is 13.1 Å². The van der Waals surface area contributed by atoms with Crippen LogP contribution in [0.4, 0.5) is 0 Å². The third-order valence-corrected chi connectivity index (χ3v) is 3.57. The summed E-state index contributed by atoms with van der Waals surface area (Å²) in [6.45, 7) is 14.0. The second-order valence-electron chi connectivity index (χ2n) is 5.13. The molecule has 0 aliphatic heterocycles. The van der Waals surface area contributed by atoms with Gasteiger partial charge in [0.25, 0.3) is 0 Å². The molecule has 0 saturated heterocycles. The van der Waals surface area contributed by atoms with Crippen LogP contribution in [0.25, 0.3) is 0 Å². The molecule has 1 N–H and O–H groups in total. The molecule has 0 saturated carbocycles. The zero-order valence-electron chi connectivity index (χ0n) is 11.5. The van der Waals surface area contributed by atoms with Crippen molar-refractivity contribution in [2.45, 2.75) is 60.3 Å². The van der Waals surface area contributed by atoms with Crippen molar-refractivity contribution in [3.05, 3.63) is 0 Å². The van der Waals surface area contributed by atoms with Crippen LogP contribution in [0.3, 0.4) is 0 Å². The summed E-state index contributed by atoms with van der Waals surface area (Å²) in [5, 5.41) is 3.57. The zero-order valence-corrected chi connectivity index (χ0v) is 11.5. The van der Waals surface area contributed by atoms with Gasteiger partial charge in [-0.25, -0.2) is 0 Å². The molecular formula is C14H31N. The van der Waals surface area contributed by atoms with Crippen molar-refractivity contribution in [2.24, 2.45) is 17.8 Å². The lowest BCUT2D eigenvalue weighted by molar-refractivity contribution is 0.276. The number of rotatable bonds is 9. The lowest BCUT2D eigenvalue weighted by atomic mass is 9.84. The fourth-order valence-corrected chi connectivity index (χ4v) is 2.11. The highest BCUT2D eigenvalue weighted by molar-refractivity contribution is 4.70. The maximum atomic E-state index is 3.57. The van der Waals surface area contributed by atoms with Crippen LogP contribution in [-0.4, -0.2) is 13.1 Å². The average Bonchev–Trinajstić information content (AvgIpc) is 2.23. The van der Waals surface area contributed by atoms with Crippen LogP contribution in [0.1, 0.15) is 60.3 Å². The zero-order chi connectivity index (χ0) is 11.7. The maximum absolute atomic E-state index is 3.57. The van der Waals surface area contributed by atoms with Crippen molar-refractivity contribution in [3.8, 4) is 0 Å². The molecule has 0 aromatic carbocycles. The minimum Gasteiger partial charge on any atom is -0.316 e. The van der Waals surface area contributed by atoms with Crippen molar-refractivity contribution in [1.82, 2.24) is 5.32 Å². The monoisotopic (exact) mass is 213 g/mol. The van der Waals surface area contributed by atoms with Crippen LogP contribution < -0.4 is 5.32 Å². The lowest BCUT2D eigenvalue weighted by Crippen LogP contribution is -2.28. The highest BCUT2D eigenvalue weighted by atomic mass is 14.9. The van der Waals surface area contributed by atoms with E-state index in [2.05, 4.69) is 39.9 Å². The predicted octanol–water partition coefficient (Wildman–Crippen LogP) is 4.08. The summed E-state index contributed by atoms with van der Waals surface area (Å²) in [5.41, 5.74) is 0. The molecule has 0 aromatic heterocycles. The van der Waals surface area contributed by atoms with Gasteiger partial charge in [0.15, 0.2) is 0 Å². The minimum absolute atomic E-state index is 0.815. The van der Waals surface area contributed by atoms with E-state index in [9.17, 15) is 0 Å². The summed E-state index contributed by atoms with van der Waals surface area (Å²) in [4.78, 5) is 0. The molecule has 0 spiro atoms. The molecular weight excluding hydrogens is 182 g/mol. The summed E-state index contributed by atoms with van der Waals surface area (Å²) in [5.74, 6) is 2.61. The van der Waals surface area contributed by atoms with E-state index >= 15 is 0 Å². The van der Waals surface area contributed by atoms with E-state index in [1.54, 1.807) is 0 Å². The van der Waals surface area contributed by atoms with Crippen molar-refractivity contribution >= 4 is 0 Å². The Balaban J connectivity index is 3.91. The number of hydrogen-bond acceptors (Lipinski definition) is 1. The van der Waals surface area contributed by atoms with E-state index < -0.39 is 0 Å². The van der Waals surface area contributed by atoms with Gasteiger partial charge in [-0.2, -0.15) is 0 Å². The number of nitrogens with one attached hydrogen (secondary N) is 1. The highest BCUT2D eigenvalue weighted by Gasteiger charge is 2.16. The van der Waals surface area contributed by atoms with Gasteiger partial charge in [-0.05, 0) is 43.7 Å². The van der Waals surface area contributed by atoms with Gasteiger partial charge >= 0.3 is 0 Å². The Labute approximate surface area is 97.0 Å². The molecule has 0 rings (SSSR count). The van der Waals surface area contributed by atoms with E-state index in [4.69, 9.17) is 0 Å². The van der Waals surface area contributed by atoms with Gasteiger partial charge in [-0.3, -0.25) is 0 Å². The first-order valence-corrected chi connectivity index (χ1v) is 6.86. The molecule has 1 unspecified atom stereocenters. The smallest absolute Gasteiger partial charge is 0.00180 e. The Morgan fingerprint density at radius 2 is 1.60 bits per heavy atom. The Hall–Kier alpha value is -0.0400. The average molecular weight is 213 g/mol. The summed E-state index contributed by atoms with van der Waals surface area (Å²) in [6.07, 6.45) is 5.33. The first-order valence-electron chi connectivity index (χ1n) is 6.86. The Morgan fingerprint density at radius 1 is 1.00 bits per heavy atom. The van der Waals surface area contributed by atoms with Gasteiger partial charge < -0.3 is 5.32 Å². The van der Waals surface area contributed by atoms with Gasteiger partial charge in [0.1, 0.15) is 0 Å².